The lowest BCUT2D eigenvalue weighted by Crippen LogP contribution is -2.32. The largest absolute Gasteiger partial charge is 0.493 e. The standard InChI is InChI=1S/C23H25F2N3O3S/c1-27(2)10-5-11-28(23-26-22-17(25)13-16(24)14-20(22)32-23)21(29)9-7-15-6-8-18(30-3)19(12-15)31-4/h6-9,12-14H,5,10-11H2,1-4H3/b9-7+. The molecule has 0 saturated heterocycles. The van der Waals surface area contributed by atoms with E-state index >= 15 is 0 Å². The smallest absolute Gasteiger partial charge is 0.252 e. The number of hydrogen-bond donors (Lipinski definition) is 0. The number of carbonyl (C=O) groups is 1. The number of anilines is 1. The van der Waals surface area contributed by atoms with Crippen LogP contribution in [0, 0.1) is 11.6 Å². The Bertz CT molecular complexity index is 1130. The van der Waals surface area contributed by atoms with E-state index in [-0.39, 0.29) is 11.4 Å². The number of ether oxygens (including phenoxy) is 2. The number of nitrogens with zero attached hydrogens (tertiary/aromatic N) is 3. The summed E-state index contributed by atoms with van der Waals surface area (Å²) < 4.78 is 38.6. The first-order valence-corrected chi connectivity index (χ1v) is 10.8. The van der Waals surface area contributed by atoms with Crippen molar-refractivity contribution in [2.24, 2.45) is 0 Å². The van der Waals surface area contributed by atoms with Gasteiger partial charge in [0.15, 0.2) is 22.4 Å². The van der Waals surface area contributed by atoms with Gasteiger partial charge >= 0.3 is 0 Å². The molecule has 0 atom stereocenters. The average molecular weight is 462 g/mol. The van der Waals surface area contributed by atoms with Gasteiger partial charge in [0.1, 0.15) is 11.3 Å². The van der Waals surface area contributed by atoms with Gasteiger partial charge in [0.2, 0.25) is 0 Å². The third kappa shape index (κ3) is 5.60. The molecule has 1 aromatic heterocycles. The van der Waals surface area contributed by atoms with Crippen LogP contribution in [0.2, 0.25) is 0 Å². The number of fused-ring (bicyclic) bond motifs is 1. The molecule has 0 N–H and O–H groups in total. The fourth-order valence-electron chi connectivity index (χ4n) is 3.12. The Hall–Kier alpha value is -3.04. The molecule has 0 aliphatic heterocycles. The third-order valence-corrected chi connectivity index (χ3v) is 5.74. The number of benzene rings is 2. The highest BCUT2D eigenvalue weighted by molar-refractivity contribution is 7.22. The third-order valence-electron chi connectivity index (χ3n) is 4.71. The number of thiazole rings is 1. The lowest BCUT2D eigenvalue weighted by Gasteiger charge is -2.19. The minimum atomic E-state index is -0.746. The van der Waals surface area contributed by atoms with E-state index in [2.05, 4.69) is 4.98 Å². The molecule has 0 unspecified atom stereocenters. The number of aromatic nitrogens is 1. The van der Waals surface area contributed by atoms with E-state index in [1.54, 1.807) is 31.4 Å². The van der Waals surface area contributed by atoms with Crippen LogP contribution in [0.5, 0.6) is 11.5 Å². The van der Waals surface area contributed by atoms with Crippen molar-refractivity contribution < 1.29 is 23.0 Å². The summed E-state index contributed by atoms with van der Waals surface area (Å²) in [6.45, 7) is 1.15. The summed E-state index contributed by atoms with van der Waals surface area (Å²) in [5, 5.41) is 0.324. The highest BCUT2D eigenvalue weighted by Gasteiger charge is 2.20. The van der Waals surface area contributed by atoms with Crippen molar-refractivity contribution in [2.75, 3.05) is 46.3 Å². The maximum atomic E-state index is 14.1. The highest BCUT2D eigenvalue weighted by atomic mass is 32.1. The fraction of sp³-hybridized carbons (Fsp3) is 0.304. The normalized spacial score (nSPS) is 11.5. The zero-order valence-corrected chi connectivity index (χ0v) is 19.2. The Morgan fingerprint density at radius 1 is 1.09 bits per heavy atom. The summed E-state index contributed by atoms with van der Waals surface area (Å²) in [4.78, 5) is 20.8. The average Bonchev–Trinajstić information content (AvgIpc) is 3.18. The topological polar surface area (TPSA) is 54.9 Å². The lowest BCUT2D eigenvalue weighted by atomic mass is 10.2. The zero-order valence-electron chi connectivity index (χ0n) is 18.4. The quantitative estimate of drug-likeness (QED) is 0.437. The second-order valence-electron chi connectivity index (χ2n) is 7.33. The first-order valence-electron chi connectivity index (χ1n) is 9.94. The van der Waals surface area contributed by atoms with Gasteiger partial charge in [0, 0.05) is 18.7 Å². The molecule has 170 valence electrons. The summed E-state index contributed by atoms with van der Waals surface area (Å²) in [6.07, 6.45) is 3.78. The van der Waals surface area contributed by atoms with Crippen LogP contribution in [0.3, 0.4) is 0 Å². The molecule has 9 heteroatoms. The predicted octanol–water partition coefficient (Wildman–Crippen LogP) is 4.59. The van der Waals surface area contributed by atoms with Crippen LogP contribution in [-0.4, -0.2) is 57.2 Å². The van der Waals surface area contributed by atoms with Gasteiger partial charge in [0.05, 0.1) is 18.9 Å². The number of carbonyl (C=O) groups excluding carboxylic acids is 1. The van der Waals surface area contributed by atoms with Crippen molar-refractivity contribution in [2.45, 2.75) is 6.42 Å². The minimum Gasteiger partial charge on any atom is -0.493 e. The molecule has 1 amide bonds. The monoisotopic (exact) mass is 461 g/mol. The molecular weight excluding hydrogens is 436 g/mol. The number of hydrogen-bond acceptors (Lipinski definition) is 6. The van der Waals surface area contributed by atoms with Gasteiger partial charge in [-0.15, -0.1) is 0 Å². The van der Waals surface area contributed by atoms with Crippen molar-refractivity contribution in [3.05, 3.63) is 53.6 Å². The first kappa shape index (κ1) is 23.6. The highest BCUT2D eigenvalue weighted by Crippen LogP contribution is 2.32. The van der Waals surface area contributed by atoms with Crippen LogP contribution < -0.4 is 14.4 Å². The molecule has 0 fully saturated rings. The summed E-state index contributed by atoms with van der Waals surface area (Å²) >= 11 is 1.08. The molecule has 0 bridgehead atoms. The molecular formula is C23H25F2N3O3S. The number of halogens is 2. The van der Waals surface area contributed by atoms with Gasteiger partial charge in [0.25, 0.3) is 5.91 Å². The van der Waals surface area contributed by atoms with Crippen LogP contribution in [0.15, 0.2) is 36.4 Å². The van der Waals surface area contributed by atoms with E-state index in [9.17, 15) is 13.6 Å². The van der Waals surface area contributed by atoms with Crippen LogP contribution in [-0.2, 0) is 4.79 Å². The summed E-state index contributed by atoms with van der Waals surface area (Å²) in [6, 6.07) is 7.33. The molecule has 0 aliphatic carbocycles. The second kappa shape index (κ2) is 10.5. The molecule has 2 aromatic carbocycles. The molecule has 1 heterocycles. The van der Waals surface area contributed by atoms with Crippen LogP contribution in [0.25, 0.3) is 16.3 Å². The Morgan fingerprint density at radius 2 is 1.84 bits per heavy atom. The Kier molecular flexibility index (Phi) is 7.76. The molecule has 0 aliphatic rings. The van der Waals surface area contributed by atoms with Gasteiger partial charge < -0.3 is 14.4 Å². The van der Waals surface area contributed by atoms with Crippen molar-refractivity contribution in [3.63, 3.8) is 0 Å². The maximum absolute atomic E-state index is 14.1. The molecule has 0 radical (unpaired) electrons. The van der Waals surface area contributed by atoms with E-state index in [0.717, 1.165) is 29.5 Å². The Morgan fingerprint density at radius 3 is 2.53 bits per heavy atom. The van der Waals surface area contributed by atoms with E-state index in [1.165, 1.54) is 24.2 Å². The van der Waals surface area contributed by atoms with E-state index < -0.39 is 11.6 Å². The van der Waals surface area contributed by atoms with Gasteiger partial charge in [-0.25, -0.2) is 13.8 Å². The van der Waals surface area contributed by atoms with Crippen molar-refractivity contribution in [1.29, 1.82) is 0 Å². The van der Waals surface area contributed by atoms with E-state index in [1.807, 2.05) is 19.0 Å². The minimum absolute atomic E-state index is 0.0562. The van der Waals surface area contributed by atoms with Gasteiger partial charge in [-0.1, -0.05) is 17.4 Å². The van der Waals surface area contributed by atoms with Gasteiger partial charge in [-0.3, -0.25) is 9.69 Å². The maximum Gasteiger partial charge on any atom is 0.252 e. The zero-order chi connectivity index (χ0) is 23.3. The van der Waals surface area contributed by atoms with Crippen LogP contribution in [0.4, 0.5) is 13.9 Å². The van der Waals surface area contributed by atoms with Crippen molar-refractivity contribution in [3.8, 4) is 11.5 Å². The van der Waals surface area contributed by atoms with E-state index in [4.69, 9.17) is 9.47 Å². The summed E-state index contributed by atoms with van der Waals surface area (Å²) in [5.74, 6) is -0.592. The number of methoxy groups -OCH3 is 2. The molecule has 32 heavy (non-hydrogen) atoms. The second-order valence-corrected chi connectivity index (χ2v) is 8.33. The van der Waals surface area contributed by atoms with Crippen LogP contribution >= 0.6 is 11.3 Å². The van der Waals surface area contributed by atoms with Crippen molar-refractivity contribution >= 4 is 38.7 Å². The predicted molar refractivity (Wildman–Crippen MR) is 124 cm³/mol. The van der Waals surface area contributed by atoms with Gasteiger partial charge in [-0.05, 0) is 56.9 Å². The SMILES string of the molecule is COc1ccc(/C=C/C(=O)N(CCCN(C)C)c2nc3c(F)cc(F)cc3s2)cc1OC. The number of amides is 1. The summed E-state index contributed by atoms with van der Waals surface area (Å²) in [7, 11) is 6.98. The molecule has 3 aromatic rings. The fourth-order valence-corrected chi connectivity index (χ4v) is 4.16. The summed E-state index contributed by atoms with van der Waals surface area (Å²) in [5.41, 5.74) is 0.808. The lowest BCUT2D eigenvalue weighted by molar-refractivity contribution is -0.114. The van der Waals surface area contributed by atoms with Gasteiger partial charge in [-0.2, -0.15) is 0 Å². The Balaban J connectivity index is 1.89. The molecule has 0 spiro atoms. The Labute approximate surface area is 189 Å². The molecule has 3 rings (SSSR count). The van der Waals surface area contributed by atoms with E-state index in [0.29, 0.717) is 34.3 Å². The first-order chi connectivity index (χ1) is 15.3. The van der Waals surface area contributed by atoms with Crippen molar-refractivity contribution in [1.82, 2.24) is 9.88 Å². The molecule has 0 saturated carbocycles. The number of rotatable bonds is 9. The molecule has 6 nitrogen and oxygen atoms in total. The van der Waals surface area contributed by atoms with Crippen LogP contribution in [0.1, 0.15) is 12.0 Å².